The number of ketones is 1. The maximum absolute atomic E-state index is 11.5. The van der Waals surface area contributed by atoms with E-state index < -0.39 is 0 Å². The largest absolute Gasteiger partial charge is 0.352 e. The van der Waals surface area contributed by atoms with Gasteiger partial charge >= 0.3 is 0 Å². The lowest BCUT2D eigenvalue weighted by molar-refractivity contribution is 0.101. The zero-order valence-electron chi connectivity index (χ0n) is 7.70. The molecule has 1 aromatic carbocycles. The third-order valence-corrected chi connectivity index (χ3v) is 2.12. The molecule has 0 bridgehead atoms. The van der Waals surface area contributed by atoms with Crippen LogP contribution in [0.2, 0.25) is 0 Å². The molecule has 0 radical (unpaired) electrons. The molecule has 2 rings (SSSR count). The first-order valence-corrected chi connectivity index (χ1v) is 4.31. The van der Waals surface area contributed by atoms with Crippen molar-refractivity contribution in [3.63, 3.8) is 0 Å². The van der Waals surface area contributed by atoms with Crippen LogP contribution in [-0.2, 0) is 0 Å². The van der Waals surface area contributed by atoms with Crippen LogP contribution < -0.4 is 5.43 Å². The maximum atomic E-state index is 11.5. The molecule has 0 fully saturated rings. The molecule has 0 atom stereocenters. The number of Topliss-reactive ketones (excluding diaryl/α,β-unsaturated/α-hetero) is 1. The van der Waals surface area contributed by atoms with Crippen LogP contribution in [0.1, 0.15) is 17.4 Å². The van der Waals surface area contributed by atoms with Crippen LogP contribution in [-0.4, -0.2) is 10.8 Å². The first kappa shape index (κ1) is 8.69. The minimum atomic E-state index is -0.132. The van der Waals surface area contributed by atoms with Gasteiger partial charge in [-0.15, -0.1) is 0 Å². The molecule has 0 amide bonds. The summed E-state index contributed by atoms with van der Waals surface area (Å²) in [4.78, 5) is 25.5. The van der Waals surface area contributed by atoms with E-state index in [1.807, 2.05) is 6.07 Å². The average molecular weight is 187 g/mol. The monoisotopic (exact) mass is 187 g/mol. The zero-order chi connectivity index (χ0) is 10.1. The second-order valence-corrected chi connectivity index (χ2v) is 3.15. The second-order valence-electron chi connectivity index (χ2n) is 3.15. The van der Waals surface area contributed by atoms with Crippen molar-refractivity contribution in [2.75, 3.05) is 0 Å². The summed E-state index contributed by atoms with van der Waals surface area (Å²) in [6.07, 6.45) is 0. The molecule has 0 spiro atoms. The smallest absolute Gasteiger partial charge is 0.190 e. The Morgan fingerprint density at radius 2 is 2.00 bits per heavy atom. The molecule has 0 saturated heterocycles. The summed E-state index contributed by atoms with van der Waals surface area (Å²) < 4.78 is 0. The first-order valence-electron chi connectivity index (χ1n) is 4.31. The van der Waals surface area contributed by atoms with Crippen molar-refractivity contribution in [3.05, 3.63) is 46.2 Å². The number of para-hydroxylation sites is 1. The summed E-state index contributed by atoms with van der Waals surface area (Å²) in [5.74, 6) is -0.132. The highest BCUT2D eigenvalue weighted by Crippen LogP contribution is 2.07. The first-order chi connectivity index (χ1) is 6.68. The van der Waals surface area contributed by atoms with Gasteiger partial charge in [0, 0.05) is 23.9 Å². The summed E-state index contributed by atoms with van der Waals surface area (Å²) in [5, 5.41) is 0.609. The summed E-state index contributed by atoms with van der Waals surface area (Å²) >= 11 is 0. The predicted octanol–water partition coefficient (Wildman–Crippen LogP) is 1.73. The van der Waals surface area contributed by atoms with Crippen LogP contribution in [0.3, 0.4) is 0 Å². The number of benzene rings is 1. The lowest BCUT2D eigenvalue weighted by Gasteiger charge is -1.99. The SMILES string of the molecule is CC(=O)c1cc(=O)c2ccccc2[nH]1. The minimum Gasteiger partial charge on any atom is -0.352 e. The van der Waals surface area contributed by atoms with Crippen LogP contribution in [0.15, 0.2) is 35.1 Å². The van der Waals surface area contributed by atoms with Gasteiger partial charge in [0.05, 0.1) is 5.69 Å². The molecule has 1 N–H and O–H groups in total. The van der Waals surface area contributed by atoms with E-state index in [2.05, 4.69) is 4.98 Å². The fourth-order valence-electron chi connectivity index (χ4n) is 1.39. The number of fused-ring (bicyclic) bond motifs is 1. The third kappa shape index (κ3) is 1.33. The van der Waals surface area contributed by atoms with Crippen LogP contribution in [0, 0.1) is 0 Å². The molecule has 2 aromatic rings. The number of aromatic amines is 1. The lowest BCUT2D eigenvalue weighted by Crippen LogP contribution is -2.07. The number of aromatic nitrogens is 1. The van der Waals surface area contributed by atoms with Gasteiger partial charge in [0.15, 0.2) is 11.2 Å². The normalized spacial score (nSPS) is 10.4. The summed E-state index contributed by atoms with van der Waals surface area (Å²) in [7, 11) is 0. The summed E-state index contributed by atoms with van der Waals surface area (Å²) in [6.45, 7) is 1.43. The van der Waals surface area contributed by atoms with Gasteiger partial charge in [-0.2, -0.15) is 0 Å². The highest BCUT2D eigenvalue weighted by Gasteiger charge is 2.03. The third-order valence-electron chi connectivity index (χ3n) is 2.12. The Bertz CT molecular complexity index is 554. The fourth-order valence-corrected chi connectivity index (χ4v) is 1.39. The number of hydrogen-bond donors (Lipinski definition) is 1. The van der Waals surface area contributed by atoms with Gasteiger partial charge in [-0.05, 0) is 12.1 Å². The molecule has 3 heteroatoms. The van der Waals surface area contributed by atoms with Crippen molar-refractivity contribution in [1.82, 2.24) is 4.98 Å². The molecule has 3 nitrogen and oxygen atoms in total. The Morgan fingerprint density at radius 3 is 2.71 bits per heavy atom. The van der Waals surface area contributed by atoms with Crippen molar-refractivity contribution in [1.29, 1.82) is 0 Å². The van der Waals surface area contributed by atoms with Crippen molar-refractivity contribution < 1.29 is 4.79 Å². The van der Waals surface area contributed by atoms with E-state index in [-0.39, 0.29) is 11.2 Å². The van der Waals surface area contributed by atoms with Gasteiger partial charge in [-0.1, -0.05) is 12.1 Å². The number of carbonyl (C=O) groups excluding carboxylic acids is 1. The Kier molecular flexibility index (Phi) is 1.93. The van der Waals surface area contributed by atoms with Gasteiger partial charge in [0.2, 0.25) is 0 Å². The molecule has 0 aliphatic carbocycles. The zero-order valence-corrected chi connectivity index (χ0v) is 7.70. The predicted molar refractivity (Wildman–Crippen MR) is 54.6 cm³/mol. The van der Waals surface area contributed by atoms with Gasteiger partial charge in [0.1, 0.15) is 0 Å². The van der Waals surface area contributed by atoms with Gasteiger partial charge in [0.25, 0.3) is 0 Å². The van der Waals surface area contributed by atoms with Crippen molar-refractivity contribution >= 4 is 16.7 Å². The maximum Gasteiger partial charge on any atom is 0.190 e. The van der Waals surface area contributed by atoms with Gasteiger partial charge < -0.3 is 4.98 Å². The number of carbonyl (C=O) groups is 1. The number of rotatable bonds is 1. The highest BCUT2D eigenvalue weighted by molar-refractivity contribution is 5.94. The molecule has 70 valence electrons. The van der Waals surface area contributed by atoms with E-state index in [0.717, 1.165) is 0 Å². The van der Waals surface area contributed by atoms with Crippen LogP contribution in [0.25, 0.3) is 10.9 Å². The van der Waals surface area contributed by atoms with Crippen LogP contribution >= 0.6 is 0 Å². The number of hydrogen-bond acceptors (Lipinski definition) is 2. The molecular weight excluding hydrogens is 178 g/mol. The molecular formula is C11H9NO2. The van der Waals surface area contributed by atoms with E-state index in [1.165, 1.54) is 13.0 Å². The Labute approximate surface area is 80.4 Å². The Hall–Kier alpha value is -1.90. The topological polar surface area (TPSA) is 49.9 Å². The highest BCUT2D eigenvalue weighted by atomic mass is 16.1. The minimum absolute atomic E-state index is 0.121. The van der Waals surface area contributed by atoms with E-state index in [1.54, 1.807) is 18.2 Å². The molecule has 0 saturated carbocycles. The fraction of sp³-hybridized carbons (Fsp3) is 0.0909. The molecule has 1 aromatic heterocycles. The summed E-state index contributed by atoms with van der Waals surface area (Å²) in [6, 6.07) is 8.47. The van der Waals surface area contributed by atoms with E-state index in [0.29, 0.717) is 16.6 Å². The van der Waals surface area contributed by atoms with E-state index in [9.17, 15) is 9.59 Å². The standard InChI is InChI=1S/C11H9NO2/c1-7(13)10-6-11(14)8-4-2-3-5-9(8)12-10/h2-6H,1H3,(H,12,14). The number of pyridine rings is 1. The van der Waals surface area contributed by atoms with E-state index >= 15 is 0 Å². The molecule has 14 heavy (non-hydrogen) atoms. The second kappa shape index (κ2) is 3.10. The van der Waals surface area contributed by atoms with Crippen molar-refractivity contribution in [2.24, 2.45) is 0 Å². The van der Waals surface area contributed by atoms with Crippen LogP contribution in [0.4, 0.5) is 0 Å². The summed E-state index contributed by atoms with van der Waals surface area (Å²) in [5.41, 5.74) is 0.934. The van der Waals surface area contributed by atoms with Gasteiger partial charge in [-0.3, -0.25) is 9.59 Å². The van der Waals surface area contributed by atoms with Gasteiger partial charge in [-0.25, -0.2) is 0 Å². The van der Waals surface area contributed by atoms with Crippen molar-refractivity contribution in [3.8, 4) is 0 Å². The molecule has 1 heterocycles. The number of nitrogens with one attached hydrogen (secondary N) is 1. The lowest BCUT2D eigenvalue weighted by atomic mass is 10.2. The quantitative estimate of drug-likeness (QED) is 0.691. The Morgan fingerprint density at radius 1 is 1.29 bits per heavy atom. The van der Waals surface area contributed by atoms with E-state index in [4.69, 9.17) is 0 Å². The van der Waals surface area contributed by atoms with Crippen molar-refractivity contribution in [2.45, 2.75) is 6.92 Å². The average Bonchev–Trinajstić information content (AvgIpc) is 2.17. The van der Waals surface area contributed by atoms with Crippen LogP contribution in [0.5, 0.6) is 0 Å². The Balaban J connectivity index is 2.86. The molecule has 0 unspecified atom stereocenters. The molecule has 0 aliphatic rings. The molecule has 0 aliphatic heterocycles. The number of H-pyrrole nitrogens is 1.